The van der Waals surface area contributed by atoms with Crippen LogP contribution < -0.4 is 5.32 Å². The fraction of sp³-hybridized carbons (Fsp3) is 1.00. The first-order valence-electron chi connectivity index (χ1n) is 7.38. The molecule has 3 nitrogen and oxygen atoms in total. The number of nitrogens with zero attached hydrogens (tertiary/aromatic N) is 1. The van der Waals surface area contributed by atoms with E-state index in [1.54, 1.807) is 0 Å². The molecule has 1 saturated heterocycles. The van der Waals surface area contributed by atoms with Gasteiger partial charge in [-0.3, -0.25) is 4.90 Å². The van der Waals surface area contributed by atoms with Gasteiger partial charge in [-0.2, -0.15) is 0 Å². The Balaban J connectivity index is 2.34. The number of ether oxygens (including phenoxy) is 1. The highest BCUT2D eigenvalue weighted by atomic mass is 16.5. The number of hydrogen-bond acceptors (Lipinski definition) is 3. The Morgan fingerprint density at radius 1 is 1.35 bits per heavy atom. The van der Waals surface area contributed by atoms with Crippen molar-refractivity contribution in [3.05, 3.63) is 0 Å². The predicted octanol–water partition coefficient (Wildman–Crippen LogP) is 2.27. The van der Waals surface area contributed by atoms with Gasteiger partial charge in [0.05, 0.1) is 6.10 Å². The second-order valence-corrected chi connectivity index (χ2v) is 5.00. The molecule has 1 fully saturated rings. The molecule has 0 aliphatic carbocycles. The van der Waals surface area contributed by atoms with Crippen LogP contribution in [-0.2, 0) is 4.74 Å². The summed E-state index contributed by atoms with van der Waals surface area (Å²) in [5.74, 6) is 0. The van der Waals surface area contributed by atoms with E-state index in [-0.39, 0.29) is 0 Å². The van der Waals surface area contributed by atoms with Crippen molar-refractivity contribution in [3.8, 4) is 0 Å². The molecule has 0 radical (unpaired) electrons. The van der Waals surface area contributed by atoms with Crippen molar-refractivity contribution >= 4 is 0 Å². The number of nitrogens with one attached hydrogen (secondary N) is 1. The fourth-order valence-electron chi connectivity index (χ4n) is 2.56. The molecule has 1 rings (SSSR count). The van der Waals surface area contributed by atoms with Gasteiger partial charge in [0, 0.05) is 25.7 Å². The summed E-state index contributed by atoms with van der Waals surface area (Å²) in [5, 5.41) is 3.47. The van der Waals surface area contributed by atoms with E-state index < -0.39 is 0 Å². The summed E-state index contributed by atoms with van der Waals surface area (Å²) in [6, 6.07) is 0.683. The van der Waals surface area contributed by atoms with E-state index in [0.29, 0.717) is 12.1 Å². The van der Waals surface area contributed by atoms with E-state index in [0.717, 1.165) is 32.7 Å². The minimum atomic E-state index is 0.472. The highest BCUT2D eigenvalue weighted by molar-refractivity contribution is 4.80. The number of rotatable bonds is 8. The third-order valence-corrected chi connectivity index (χ3v) is 3.58. The van der Waals surface area contributed by atoms with Gasteiger partial charge in [0.2, 0.25) is 0 Å². The summed E-state index contributed by atoms with van der Waals surface area (Å²) >= 11 is 0. The highest BCUT2D eigenvalue weighted by Crippen LogP contribution is 2.17. The average molecular weight is 242 g/mol. The number of piperidine rings is 1. The van der Waals surface area contributed by atoms with Gasteiger partial charge in [0.25, 0.3) is 0 Å². The van der Waals surface area contributed by atoms with Gasteiger partial charge >= 0.3 is 0 Å². The van der Waals surface area contributed by atoms with E-state index in [2.05, 4.69) is 31.0 Å². The monoisotopic (exact) mass is 242 g/mol. The Hall–Kier alpha value is -0.120. The van der Waals surface area contributed by atoms with Gasteiger partial charge in [0.1, 0.15) is 0 Å². The molecule has 1 N–H and O–H groups in total. The second kappa shape index (κ2) is 8.90. The molecule has 2 unspecified atom stereocenters. The van der Waals surface area contributed by atoms with Crippen LogP contribution in [0.15, 0.2) is 0 Å². The lowest BCUT2D eigenvalue weighted by atomic mass is 10.0. The average Bonchev–Trinajstić information content (AvgIpc) is 2.38. The number of hydrogen-bond donors (Lipinski definition) is 1. The molecule has 1 aliphatic heterocycles. The Labute approximate surface area is 107 Å². The van der Waals surface area contributed by atoms with E-state index in [1.165, 1.54) is 25.8 Å². The van der Waals surface area contributed by atoms with Crippen molar-refractivity contribution in [1.29, 1.82) is 0 Å². The number of likely N-dealkylation sites (N-methyl/N-ethyl adjacent to an activating group) is 1. The van der Waals surface area contributed by atoms with Crippen molar-refractivity contribution in [1.82, 2.24) is 10.2 Å². The molecule has 102 valence electrons. The van der Waals surface area contributed by atoms with Crippen LogP contribution in [0.3, 0.4) is 0 Å². The molecule has 2 atom stereocenters. The Morgan fingerprint density at radius 2 is 2.18 bits per heavy atom. The molecule has 0 spiro atoms. The van der Waals surface area contributed by atoms with Crippen LogP contribution in [0.25, 0.3) is 0 Å². The Morgan fingerprint density at radius 3 is 2.82 bits per heavy atom. The predicted molar refractivity (Wildman–Crippen MR) is 73.5 cm³/mol. The van der Waals surface area contributed by atoms with Crippen LogP contribution in [0, 0.1) is 0 Å². The smallest absolute Gasteiger partial charge is 0.0702 e. The molecule has 0 bridgehead atoms. The molecule has 0 amide bonds. The summed E-state index contributed by atoms with van der Waals surface area (Å²) in [5.41, 5.74) is 0. The second-order valence-electron chi connectivity index (χ2n) is 5.00. The maximum atomic E-state index is 5.90. The highest BCUT2D eigenvalue weighted by Gasteiger charge is 2.24. The van der Waals surface area contributed by atoms with E-state index >= 15 is 0 Å². The minimum Gasteiger partial charge on any atom is -0.377 e. The fourth-order valence-corrected chi connectivity index (χ4v) is 2.56. The summed E-state index contributed by atoms with van der Waals surface area (Å²) in [4.78, 5) is 2.62. The van der Waals surface area contributed by atoms with Crippen molar-refractivity contribution in [2.75, 3.05) is 32.8 Å². The zero-order valence-corrected chi connectivity index (χ0v) is 11.9. The topological polar surface area (TPSA) is 24.5 Å². The largest absolute Gasteiger partial charge is 0.377 e. The molecule has 1 aliphatic rings. The lowest BCUT2D eigenvalue weighted by Gasteiger charge is -2.38. The molecule has 1 heterocycles. The summed E-state index contributed by atoms with van der Waals surface area (Å²) in [6.45, 7) is 12.1. The molecule has 17 heavy (non-hydrogen) atoms. The van der Waals surface area contributed by atoms with Gasteiger partial charge < -0.3 is 10.1 Å². The van der Waals surface area contributed by atoms with Crippen LogP contribution in [0.5, 0.6) is 0 Å². The summed E-state index contributed by atoms with van der Waals surface area (Å²) in [6.07, 6.45) is 5.36. The minimum absolute atomic E-state index is 0.472. The number of likely N-dealkylation sites (tertiary alicyclic amines) is 1. The SMILES string of the molecule is CCCOC1CCCN(C(CC)CNCC)C1. The molecule has 0 aromatic carbocycles. The van der Waals surface area contributed by atoms with Gasteiger partial charge in [-0.25, -0.2) is 0 Å². The summed E-state index contributed by atoms with van der Waals surface area (Å²) < 4.78 is 5.90. The van der Waals surface area contributed by atoms with Crippen LogP contribution in [0.4, 0.5) is 0 Å². The third kappa shape index (κ3) is 5.36. The first-order valence-corrected chi connectivity index (χ1v) is 7.38. The lowest BCUT2D eigenvalue weighted by molar-refractivity contribution is -0.0128. The first-order chi connectivity index (χ1) is 8.31. The van der Waals surface area contributed by atoms with E-state index in [4.69, 9.17) is 4.74 Å². The lowest BCUT2D eigenvalue weighted by Crippen LogP contribution is -2.49. The molecule has 0 aromatic heterocycles. The van der Waals surface area contributed by atoms with E-state index in [1.807, 2.05) is 0 Å². The quantitative estimate of drug-likeness (QED) is 0.706. The van der Waals surface area contributed by atoms with Gasteiger partial charge in [0.15, 0.2) is 0 Å². The van der Waals surface area contributed by atoms with Crippen molar-refractivity contribution in [3.63, 3.8) is 0 Å². The van der Waals surface area contributed by atoms with Gasteiger partial charge in [-0.05, 0) is 38.8 Å². The van der Waals surface area contributed by atoms with Crippen LogP contribution >= 0.6 is 0 Å². The maximum absolute atomic E-state index is 5.90. The van der Waals surface area contributed by atoms with E-state index in [9.17, 15) is 0 Å². The molecule has 3 heteroatoms. The van der Waals surface area contributed by atoms with Crippen molar-refractivity contribution < 1.29 is 4.74 Å². The normalized spacial score (nSPS) is 23.8. The molecule has 0 aromatic rings. The zero-order chi connectivity index (χ0) is 12.5. The Kier molecular flexibility index (Phi) is 7.82. The van der Waals surface area contributed by atoms with Crippen LogP contribution in [0.2, 0.25) is 0 Å². The maximum Gasteiger partial charge on any atom is 0.0702 e. The standard InChI is InChI=1S/C14H30N2O/c1-4-10-17-14-8-7-9-16(12-14)13(5-2)11-15-6-3/h13-15H,4-12H2,1-3H3. The van der Waals surface area contributed by atoms with Crippen molar-refractivity contribution in [2.45, 2.75) is 58.6 Å². The van der Waals surface area contributed by atoms with Gasteiger partial charge in [-0.15, -0.1) is 0 Å². The van der Waals surface area contributed by atoms with Crippen molar-refractivity contribution in [2.24, 2.45) is 0 Å². The first kappa shape index (κ1) is 14.9. The Bertz CT molecular complexity index is 187. The molecular weight excluding hydrogens is 212 g/mol. The van der Waals surface area contributed by atoms with Crippen LogP contribution in [-0.4, -0.2) is 49.8 Å². The molecule has 0 saturated carbocycles. The van der Waals surface area contributed by atoms with Crippen LogP contribution in [0.1, 0.15) is 46.5 Å². The third-order valence-electron chi connectivity index (χ3n) is 3.58. The zero-order valence-electron chi connectivity index (χ0n) is 11.9. The molecular formula is C14H30N2O. The summed E-state index contributed by atoms with van der Waals surface area (Å²) in [7, 11) is 0. The van der Waals surface area contributed by atoms with Gasteiger partial charge in [-0.1, -0.05) is 20.8 Å².